The summed E-state index contributed by atoms with van der Waals surface area (Å²) < 4.78 is 13.4. The molecule has 1 fully saturated rings. The largest absolute Gasteiger partial charge is 0.316 e. The van der Waals surface area contributed by atoms with Crippen LogP contribution in [0, 0.1) is 5.82 Å². The SMILES string of the molecule is CC(C)c1cc(F)cc(C2CCNC2)c1. The van der Waals surface area contributed by atoms with Gasteiger partial charge in [-0.25, -0.2) is 4.39 Å². The van der Waals surface area contributed by atoms with E-state index in [0.717, 1.165) is 30.6 Å². The molecule has 1 N–H and O–H groups in total. The Morgan fingerprint density at radius 2 is 2.13 bits per heavy atom. The molecule has 1 aromatic rings. The van der Waals surface area contributed by atoms with Gasteiger partial charge in [-0.05, 0) is 48.1 Å². The topological polar surface area (TPSA) is 12.0 Å². The van der Waals surface area contributed by atoms with E-state index in [1.165, 1.54) is 0 Å². The second-order valence-electron chi connectivity index (χ2n) is 4.66. The molecule has 0 bridgehead atoms. The summed E-state index contributed by atoms with van der Waals surface area (Å²) in [5.41, 5.74) is 2.26. The fraction of sp³-hybridized carbons (Fsp3) is 0.538. The molecule has 0 saturated carbocycles. The zero-order valence-corrected chi connectivity index (χ0v) is 9.39. The van der Waals surface area contributed by atoms with Crippen LogP contribution in [-0.2, 0) is 0 Å². The van der Waals surface area contributed by atoms with Gasteiger partial charge >= 0.3 is 0 Å². The Kier molecular flexibility index (Phi) is 3.06. The Labute approximate surface area is 90.7 Å². The molecule has 0 aliphatic carbocycles. The lowest BCUT2D eigenvalue weighted by molar-refractivity contribution is 0.616. The highest BCUT2D eigenvalue weighted by atomic mass is 19.1. The summed E-state index contributed by atoms with van der Waals surface area (Å²) >= 11 is 0. The first kappa shape index (κ1) is 10.6. The maximum absolute atomic E-state index is 13.4. The minimum Gasteiger partial charge on any atom is -0.316 e. The van der Waals surface area contributed by atoms with Crippen molar-refractivity contribution < 1.29 is 4.39 Å². The van der Waals surface area contributed by atoms with E-state index in [4.69, 9.17) is 0 Å². The van der Waals surface area contributed by atoms with Crippen molar-refractivity contribution in [2.24, 2.45) is 0 Å². The molecule has 0 aromatic heterocycles. The van der Waals surface area contributed by atoms with Gasteiger partial charge in [0.05, 0.1) is 0 Å². The molecular formula is C13H18FN. The number of rotatable bonds is 2. The maximum Gasteiger partial charge on any atom is 0.123 e. The second-order valence-corrected chi connectivity index (χ2v) is 4.66. The van der Waals surface area contributed by atoms with Crippen LogP contribution in [0.4, 0.5) is 4.39 Å². The minimum atomic E-state index is -0.0944. The van der Waals surface area contributed by atoms with Crippen molar-refractivity contribution in [3.63, 3.8) is 0 Å². The smallest absolute Gasteiger partial charge is 0.123 e. The van der Waals surface area contributed by atoms with Gasteiger partial charge in [-0.3, -0.25) is 0 Å². The van der Waals surface area contributed by atoms with Gasteiger partial charge in [-0.1, -0.05) is 19.9 Å². The van der Waals surface area contributed by atoms with Gasteiger partial charge in [-0.15, -0.1) is 0 Å². The fourth-order valence-corrected chi connectivity index (χ4v) is 2.14. The Hall–Kier alpha value is -0.890. The third-order valence-electron chi connectivity index (χ3n) is 3.14. The second kappa shape index (κ2) is 4.31. The quantitative estimate of drug-likeness (QED) is 0.786. The fourth-order valence-electron chi connectivity index (χ4n) is 2.14. The van der Waals surface area contributed by atoms with Crippen molar-refractivity contribution in [2.75, 3.05) is 13.1 Å². The first-order valence-electron chi connectivity index (χ1n) is 5.68. The van der Waals surface area contributed by atoms with Crippen LogP contribution >= 0.6 is 0 Å². The van der Waals surface area contributed by atoms with Crippen LogP contribution in [0.25, 0.3) is 0 Å². The average Bonchev–Trinajstić information content (AvgIpc) is 2.69. The zero-order valence-electron chi connectivity index (χ0n) is 9.39. The minimum absolute atomic E-state index is 0.0944. The van der Waals surface area contributed by atoms with E-state index in [9.17, 15) is 4.39 Å². The summed E-state index contributed by atoms with van der Waals surface area (Å²) in [7, 11) is 0. The predicted molar refractivity (Wildman–Crippen MR) is 60.7 cm³/mol. The van der Waals surface area contributed by atoms with E-state index in [2.05, 4.69) is 25.2 Å². The van der Waals surface area contributed by atoms with E-state index in [1.54, 1.807) is 12.1 Å². The first-order chi connectivity index (χ1) is 7.16. The molecule has 1 unspecified atom stereocenters. The summed E-state index contributed by atoms with van der Waals surface area (Å²) in [5, 5.41) is 3.32. The molecule has 1 atom stereocenters. The van der Waals surface area contributed by atoms with Gasteiger partial charge in [0.2, 0.25) is 0 Å². The number of benzene rings is 1. The van der Waals surface area contributed by atoms with Crippen molar-refractivity contribution in [1.29, 1.82) is 0 Å². The molecule has 1 nitrogen and oxygen atoms in total. The summed E-state index contributed by atoms with van der Waals surface area (Å²) in [6.07, 6.45) is 1.13. The van der Waals surface area contributed by atoms with Crippen molar-refractivity contribution in [1.82, 2.24) is 5.32 Å². The van der Waals surface area contributed by atoms with Gasteiger partial charge < -0.3 is 5.32 Å². The van der Waals surface area contributed by atoms with Crippen LogP contribution in [-0.4, -0.2) is 13.1 Å². The highest BCUT2D eigenvalue weighted by Crippen LogP contribution is 2.26. The average molecular weight is 207 g/mol. The van der Waals surface area contributed by atoms with Crippen LogP contribution < -0.4 is 5.32 Å². The van der Waals surface area contributed by atoms with Gasteiger partial charge in [-0.2, -0.15) is 0 Å². The summed E-state index contributed by atoms with van der Waals surface area (Å²) in [5.74, 6) is 0.801. The van der Waals surface area contributed by atoms with Gasteiger partial charge in [0.1, 0.15) is 5.82 Å². The molecule has 15 heavy (non-hydrogen) atoms. The molecule has 0 radical (unpaired) electrons. The molecule has 2 rings (SSSR count). The predicted octanol–water partition coefficient (Wildman–Crippen LogP) is 3.03. The molecular weight excluding hydrogens is 189 g/mol. The van der Waals surface area contributed by atoms with Gasteiger partial charge in [0.25, 0.3) is 0 Å². The molecule has 1 aromatic carbocycles. The molecule has 1 aliphatic heterocycles. The van der Waals surface area contributed by atoms with Gasteiger partial charge in [0.15, 0.2) is 0 Å². The zero-order chi connectivity index (χ0) is 10.8. The van der Waals surface area contributed by atoms with E-state index < -0.39 is 0 Å². The summed E-state index contributed by atoms with van der Waals surface area (Å²) in [6, 6.07) is 5.49. The normalized spacial score (nSPS) is 21.2. The molecule has 0 spiro atoms. The van der Waals surface area contributed by atoms with E-state index in [0.29, 0.717) is 11.8 Å². The molecule has 1 heterocycles. The van der Waals surface area contributed by atoms with E-state index in [-0.39, 0.29) is 5.82 Å². The van der Waals surface area contributed by atoms with Crippen LogP contribution in [0.15, 0.2) is 18.2 Å². The van der Waals surface area contributed by atoms with E-state index >= 15 is 0 Å². The standard InChI is InChI=1S/C13H18FN/c1-9(2)11-5-12(7-13(14)6-11)10-3-4-15-8-10/h5-7,9-10,15H,3-4,8H2,1-2H3. The Morgan fingerprint density at radius 3 is 2.73 bits per heavy atom. The van der Waals surface area contributed by atoms with Crippen molar-refractivity contribution >= 4 is 0 Å². The Balaban J connectivity index is 2.30. The number of nitrogens with one attached hydrogen (secondary N) is 1. The molecule has 1 aliphatic rings. The highest BCUT2D eigenvalue weighted by molar-refractivity contribution is 5.30. The van der Waals surface area contributed by atoms with Gasteiger partial charge in [0, 0.05) is 6.54 Å². The van der Waals surface area contributed by atoms with Crippen molar-refractivity contribution in [3.05, 3.63) is 35.1 Å². The first-order valence-corrected chi connectivity index (χ1v) is 5.68. The molecule has 82 valence electrons. The lowest BCUT2D eigenvalue weighted by atomic mass is 9.93. The highest BCUT2D eigenvalue weighted by Gasteiger charge is 2.18. The molecule has 2 heteroatoms. The van der Waals surface area contributed by atoms with Crippen molar-refractivity contribution in [2.45, 2.75) is 32.1 Å². The molecule has 1 saturated heterocycles. The van der Waals surface area contributed by atoms with Crippen LogP contribution in [0.3, 0.4) is 0 Å². The van der Waals surface area contributed by atoms with Crippen LogP contribution in [0.1, 0.15) is 43.2 Å². The Morgan fingerprint density at radius 1 is 1.33 bits per heavy atom. The number of hydrogen-bond donors (Lipinski definition) is 1. The van der Waals surface area contributed by atoms with Crippen LogP contribution in [0.5, 0.6) is 0 Å². The summed E-state index contributed by atoms with van der Waals surface area (Å²) in [4.78, 5) is 0. The van der Waals surface area contributed by atoms with Crippen LogP contribution in [0.2, 0.25) is 0 Å². The van der Waals surface area contributed by atoms with E-state index in [1.807, 2.05) is 0 Å². The Bertz CT molecular complexity index is 340. The monoisotopic (exact) mass is 207 g/mol. The lowest BCUT2D eigenvalue weighted by Gasteiger charge is -2.13. The maximum atomic E-state index is 13.4. The lowest BCUT2D eigenvalue weighted by Crippen LogP contribution is -2.08. The third-order valence-corrected chi connectivity index (χ3v) is 3.14. The molecule has 0 amide bonds. The summed E-state index contributed by atoms with van der Waals surface area (Å²) in [6.45, 7) is 6.25. The number of halogens is 1. The van der Waals surface area contributed by atoms with Crippen molar-refractivity contribution in [3.8, 4) is 0 Å². The number of hydrogen-bond acceptors (Lipinski definition) is 1. The third kappa shape index (κ3) is 2.37.